The van der Waals surface area contributed by atoms with Crippen LogP contribution in [-0.2, 0) is 6.42 Å². The van der Waals surface area contributed by atoms with Crippen molar-refractivity contribution in [2.24, 2.45) is 5.92 Å². The molecule has 0 heterocycles. The number of ether oxygens (including phenoxy) is 1. The largest absolute Gasteiger partial charge is 0.492 e. The minimum atomic E-state index is -0.331. The van der Waals surface area contributed by atoms with Gasteiger partial charge in [0.15, 0.2) is 0 Å². The first kappa shape index (κ1) is 15.3. The summed E-state index contributed by atoms with van der Waals surface area (Å²) in [5.74, 6) is 1.18. The fraction of sp³-hybridized carbons (Fsp3) is 0.571. The molecule has 1 aromatic rings. The van der Waals surface area contributed by atoms with Crippen LogP contribution in [0.5, 0.6) is 5.75 Å². The Morgan fingerprint density at radius 3 is 2.78 bits per heavy atom. The van der Waals surface area contributed by atoms with Crippen molar-refractivity contribution in [2.75, 3.05) is 27.2 Å². The molecule has 4 heteroatoms. The smallest absolute Gasteiger partial charge is 0.119 e. The summed E-state index contributed by atoms with van der Waals surface area (Å²) in [6.45, 7) is 3.66. The topological polar surface area (TPSA) is 32.7 Å². The summed E-state index contributed by atoms with van der Waals surface area (Å²) >= 11 is 0. The first-order valence-electron chi connectivity index (χ1n) is 6.16. The molecule has 1 aliphatic carbocycles. The number of fused-ring (bicyclic) bond motifs is 1. The Labute approximate surface area is 115 Å². The van der Waals surface area contributed by atoms with Crippen LogP contribution in [-0.4, -0.2) is 37.3 Å². The number of benzene rings is 1. The van der Waals surface area contributed by atoms with Gasteiger partial charge >= 0.3 is 0 Å². The Hall–Kier alpha value is -0.770. The molecular weight excluding hydrogens is 250 g/mol. The van der Waals surface area contributed by atoms with E-state index in [0.717, 1.165) is 24.3 Å². The Morgan fingerprint density at radius 2 is 2.11 bits per heavy atom. The van der Waals surface area contributed by atoms with E-state index in [9.17, 15) is 5.11 Å². The third-order valence-electron chi connectivity index (χ3n) is 3.32. The van der Waals surface area contributed by atoms with Gasteiger partial charge in [-0.1, -0.05) is 13.0 Å². The zero-order valence-electron chi connectivity index (χ0n) is 11.2. The van der Waals surface area contributed by atoms with Gasteiger partial charge in [0.05, 0.1) is 6.10 Å². The molecule has 3 nitrogen and oxygen atoms in total. The van der Waals surface area contributed by atoms with Crippen molar-refractivity contribution >= 4 is 12.4 Å². The van der Waals surface area contributed by atoms with Crippen molar-refractivity contribution in [1.29, 1.82) is 0 Å². The van der Waals surface area contributed by atoms with Gasteiger partial charge in [0.25, 0.3) is 0 Å². The first-order valence-corrected chi connectivity index (χ1v) is 6.16. The van der Waals surface area contributed by atoms with Crippen molar-refractivity contribution in [3.8, 4) is 5.75 Å². The van der Waals surface area contributed by atoms with E-state index in [4.69, 9.17) is 4.74 Å². The molecule has 0 radical (unpaired) electrons. The van der Waals surface area contributed by atoms with Crippen molar-refractivity contribution < 1.29 is 9.84 Å². The monoisotopic (exact) mass is 271 g/mol. The molecule has 18 heavy (non-hydrogen) atoms. The molecule has 2 rings (SSSR count). The molecule has 0 aromatic heterocycles. The standard InChI is InChI=1S/C14H21NO2.ClH/c1-10-8-11-4-5-12(9-13(11)14(10)16)17-7-6-15(2)3;/h4-5,9-10,14,16H,6-8H2,1-3H3;1H. The van der Waals surface area contributed by atoms with Crippen LogP contribution in [0.4, 0.5) is 0 Å². The van der Waals surface area contributed by atoms with Crippen LogP contribution >= 0.6 is 12.4 Å². The lowest BCUT2D eigenvalue weighted by Gasteiger charge is -2.13. The second kappa shape index (κ2) is 6.41. The van der Waals surface area contributed by atoms with Crippen LogP contribution in [0.15, 0.2) is 18.2 Å². The summed E-state index contributed by atoms with van der Waals surface area (Å²) in [6.07, 6.45) is 0.636. The maximum Gasteiger partial charge on any atom is 0.119 e. The molecule has 0 bridgehead atoms. The lowest BCUT2D eigenvalue weighted by atomic mass is 10.1. The van der Waals surface area contributed by atoms with Crippen LogP contribution < -0.4 is 4.74 Å². The van der Waals surface area contributed by atoms with Gasteiger partial charge in [-0.25, -0.2) is 0 Å². The molecule has 2 unspecified atom stereocenters. The highest BCUT2D eigenvalue weighted by Crippen LogP contribution is 2.37. The zero-order valence-corrected chi connectivity index (χ0v) is 12.0. The number of likely N-dealkylation sites (N-methyl/N-ethyl adjacent to an activating group) is 1. The van der Waals surface area contributed by atoms with Crippen molar-refractivity contribution in [3.63, 3.8) is 0 Å². The molecule has 102 valence electrons. The lowest BCUT2D eigenvalue weighted by Crippen LogP contribution is -2.19. The Balaban J connectivity index is 0.00000162. The summed E-state index contributed by atoms with van der Waals surface area (Å²) in [4.78, 5) is 2.09. The number of halogens is 1. The number of aliphatic hydroxyl groups is 1. The van der Waals surface area contributed by atoms with E-state index in [0.29, 0.717) is 12.5 Å². The lowest BCUT2D eigenvalue weighted by molar-refractivity contribution is 0.132. The molecule has 0 aliphatic heterocycles. The Kier molecular flexibility index (Phi) is 5.45. The van der Waals surface area contributed by atoms with Crippen molar-refractivity contribution in [2.45, 2.75) is 19.4 Å². The molecule has 2 atom stereocenters. The SMILES string of the molecule is CC1Cc2ccc(OCCN(C)C)cc2C1O.Cl. The van der Waals surface area contributed by atoms with Crippen molar-refractivity contribution in [1.82, 2.24) is 4.90 Å². The predicted octanol–water partition coefficient (Wildman–Crippen LogP) is 2.27. The quantitative estimate of drug-likeness (QED) is 0.912. The third kappa shape index (κ3) is 3.37. The van der Waals surface area contributed by atoms with Crippen LogP contribution in [0.25, 0.3) is 0 Å². The van der Waals surface area contributed by atoms with E-state index in [-0.39, 0.29) is 18.5 Å². The fourth-order valence-electron chi connectivity index (χ4n) is 2.24. The van der Waals surface area contributed by atoms with Gasteiger partial charge in [0.2, 0.25) is 0 Å². The Morgan fingerprint density at radius 1 is 1.39 bits per heavy atom. The highest BCUT2D eigenvalue weighted by Gasteiger charge is 2.27. The number of rotatable bonds is 4. The van der Waals surface area contributed by atoms with Crippen LogP contribution in [0.3, 0.4) is 0 Å². The van der Waals surface area contributed by atoms with Gasteiger partial charge in [-0.2, -0.15) is 0 Å². The second-order valence-electron chi connectivity index (χ2n) is 5.14. The van der Waals surface area contributed by atoms with E-state index in [1.54, 1.807) is 0 Å². The van der Waals surface area contributed by atoms with Crippen LogP contribution in [0.1, 0.15) is 24.2 Å². The zero-order chi connectivity index (χ0) is 12.4. The van der Waals surface area contributed by atoms with E-state index >= 15 is 0 Å². The van der Waals surface area contributed by atoms with E-state index in [1.165, 1.54) is 5.56 Å². The van der Waals surface area contributed by atoms with Crippen LogP contribution in [0.2, 0.25) is 0 Å². The van der Waals surface area contributed by atoms with Gasteiger partial charge in [-0.3, -0.25) is 0 Å². The molecule has 0 fully saturated rings. The minimum Gasteiger partial charge on any atom is -0.492 e. The number of aliphatic hydroxyl groups excluding tert-OH is 1. The average Bonchev–Trinajstić information content (AvgIpc) is 2.55. The summed E-state index contributed by atoms with van der Waals surface area (Å²) in [7, 11) is 4.05. The molecule has 1 aliphatic rings. The maximum atomic E-state index is 10.0. The Bertz CT molecular complexity index is 395. The maximum absolute atomic E-state index is 10.0. The number of nitrogens with zero attached hydrogens (tertiary/aromatic N) is 1. The second-order valence-corrected chi connectivity index (χ2v) is 5.14. The highest BCUT2D eigenvalue weighted by molar-refractivity contribution is 5.85. The van der Waals surface area contributed by atoms with E-state index in [2.05, 4.69) is 17.9 Å². The van der Waals surface area contributed by atoms with Gasteiger partial charge in [0.1, 0.15) is 12.4 Å². The van der Waals surface area contributed by atoms with Gasteiger partial charge in [0, 0.05) is 6.54 Å². The fourth-order valence-corrected chi connectivity index (χ4v) is 2.24. The molecule has 1 aromatic carbocycles. The predicted molar refractivity (Wildman–Crippen MR) is 75.6 cm³/mol. The molecule has 0 spiro atoms. The minimum absolute atomic E-state index is 0. The summed E-state index contributed by atoms with van der Waals surface area (Å²) in [5, 5.41) is 10.0. The molecule has 0 saturated carbocycles. The average molecular weight is 272 g/mol. The van der Waals surface area contributed by atoms with Gasteiger partial charge in [-0.15, -0.1) is 12.4 Å². The molecular formula is C14H22ClNO2. The molecule has 1 N–H and O–H groups in total. The molecule has 0 saturated heterocycles. The summed E-state index contributed by atoms with van der Waals surface area (Å²) < 4.78 is 5.67. The van der Waals surface area contributed by atoms with Gasteiger partial charge in [-0.05, 0) is 49.7 Å². The molecule has 0 amide bonds. The normalized spacial score (nSPS) is 21.6. The number of hydrogen-bond donors (Lipinski definition) is 1. The van der Waals surface area contributed by atoms with Crippen molar-refractivity contribution in [3.05, 3.63) is 29.3 Å². The summed E-state index contributed by atoms with van der Waals surface area (Å²) in [6, 6.07) is 6.06. The highest BCUT2D eigenvalue weighted by atomic mass is 35.5. The van der Waals surface area contributed by atoms with E-state index < -0.39 is 0 Å². The van der Waals surface area contributed by atoms with Crippen LogP contribution in [0, 0.1) is 5.92 Å². The van der Waals surface area contributed by atoms with E-state index in [1.807, 2.05) is 26.2 Å². The van der Waals surface area contributed by atoms with Gasteiger partial charge < -0.3 is 14.7 Å². The third-order valence-corrected chi connectivity index (χ3v) is 3.32. The first-order chi connectivity index (χ1) is 8.08. The number of hydrogen-bond acceptors (Lipinski definition) is 3. The summed E-state index contributed by atoms with van der Waals surface area (Å²) in [5.41, 5.74) is 2.30.